The molecule has 0 radical (unpaired) electrons. The minimum Gasteiger partial charge on any atom is -0.367 e. The molecule has 12 heteroatoms. The van der Waals surface area contributed by atoms with Gasteiger partial charge in [-0.1, -0.05) is 13.8 Å². The molecule has 2 aliphatic rings. The zero-order valence-corrected chi connectivity index (χ0v) is 18.2. The van der Waals surface area contributed by atoms with Crippen LogP contribution >= 0.6 is 0 Å². The average molecular weight is 450 g/mol. The van der Waals surface area contributed by atoms with Gasteiger partial charge in [0, 0.05) is 25.2 Å². The summed E-state index contributed by atoms with van der Waals surface area (Å²) in [6.45, 7) is 5.78. The molecule has 1 fully saturated rings. The van der Waals surface area contributed by atoms with E-state index in [0.717, 1.165) is 12.4 Å². The lowest BCUT2D eigenvalue weighted by molar-refractivity contribution is -0.141. The molecule has 1 aliphatic heterocycles. The summed E-state index contributed by atoms with van der Waals surface area (Å²) < 4.78 is 38.4. The number of anilines is 4. The van der Waals surface area contributed by atoms with Crippen LogP contribution in [0.5, 0.6) is 0 Å². The fourth-order valence-electron chi connectivity index (χ4n) is 4.12. The maximum Gasteiger partial charge on any atom is 0.433 e. The van der Waals surface area contributed by atoms with Crippen molar-refractivity contribution in [2.45, 2.75) is 57.9 Å². The molecule has 1 saturated carbocycles. The Morgan fingerprint density at radius 2 is 1.84 bits per heavy atom. The van der Waals surface area contributed by atoms with Gasteiger partial charge < -0.3 is 20.9 Å². The van der Waals surface area contributed by atoms with Gasteiger partial charge in [0.05, 0.1) is 5.69 Å². The number of nitrogens with zero attached hydrogens (tertiary/aromatic N) is 5. The Morgan fingerprint density at radius 3 is 2.50 bits per heavy atom. The normalized spacial score (nSPS) is 22.8. The van der Waals surface area contributed by atoms with Crippen molar-refractivity contribution in [3.05, 3.63) is 23.8 Å². The van der Waals surface area contributed by atoms with E-state index in [1.807, 2.05) is 32.7 Å². The second-order valence-electron chi connectivity index (χ2n) is 8.56. The summed E-state index contributed by atoms with van der Waals surface area (Å²) in [7, 11) is 1.85. The Kier molecular flexibility index (Phi) is 5.55. The van der Waals surface area contributed by atoms with Crippen molar-refractivity contribution < 1.29 is 18.0 Å². The van der Waals surface area contributed by atoms with Crippen molar-refractivity contribution >= 4 is 29.2 Å². The van der Waals surface area contributed by atoms with Gasteiger partial charge in [-0.2, -0.15) is 18.2 Å². The van der Waals surface area contributed by atoms with Crippen molar-refractivity contribution in [2.24, 2.45) is 5.92 Å². The number of likely N-dealkylation sites (N-methyl/N-ethyl adjacent to an activating group) is 1. The van der Waals surface area contributed by atoms with Crippen LogP contribution in [0.3, 0.4) is 0 Å². The number of alkyl halides is 3. The van der Waals surface area contributed by atoms with Crippen LogP contribution in [-0.2, 0) is 11.0 Å². The third-order valence-corrected chi connectivity index (χ3v) is 5.75. The Morgan fingerprint density at radius 1 is 1.16 bits per heavy atom. The number of aryl methyl sites for hydroxylation is 1. The van der Waals surface area contributed by atoms with Gasteiger partial charge in [0.1, 0.15) is 29.6 Å². The first-order valence-corrected chi connectivity index (χ1v) is 10.4. The lowest BCUT2D eigenvalue weighted by atomic mass is 9.87. The maximum atomic E-state index is 12.8. The highest BCUT2D eigenvalue weighted by molar-refractivity contribution is 6.03. The summed E-state index contributed by atoms with van der Waals surface area (Å²) in [4.78, 5) is 30.5. The van der Waals surface area contributed by atoms with Crippen molar-refractivity contribution in [2.75, 3.05) is 27.9 Å². The maximum absolute atomic E-state index is 12.8. The van der Waals surface area contributed by atoms with Gasteiger partial charge in [-0.3, -0.25) is 4.79 Å². The fourth-order valence-corrected chi connectivity index (χ4v) is 4.12. The average Bonchev–Trinajstić information content (AvgIpc) is 2.66. The number of rotatable bonds is 5. The summed E-state index contributed by atoms with van der Waals surface area (Å²) >= 11 is 0. The predicted molar refractivity (Wildman–Crippen MR) is 114 cm³/mol. The van der Waals surface area contributed by atoms with Gasteiger partial charge in [-0.25, -0.2) is 15.0 Å². The number of nitrogens with one attached hydrogen (secondary N) is 3. The quantitative estimate of drug-likeness (QED) is 0.638. The van der Waals surface area contributed by atoms with Gasteiger partial charge >= 0.3 is 6.18 Å². The Balaban J connectivity index is 1.40. The minimum absolute atomic E-state index is 0.0190. The molecule has 0 unspecified atom stereocenters. The summed E-state index contributed by atoms with van der Waals surface area (Å²) in [5.74, 6) is 1.30. The molecular weight excluding hydrogens is 425 g/mol. The first-order chi connectivity index (χ1) is 15.0. The second-order valence-corrected chi connectivity index (χ2v) is 8.56. The van der Waals surface area contributed by atoms with E-state index in [9.17, 15) is 18.0 Å². The Bertz CT molecular complexity index is 1020. The molecule has 1 aliphatic carbocycles. The van der Waals surface area contributed by atoms with E-state index < -0.39 is 11.9 Å². The number of carbonyl (C=O) groups is 1. The number of halogens is 3. The van der Waals surface area contributed by atoms with Crippen LogP contribution in [0, 0.1) is 12.8 Å². The first kappa shape index (κ1) is 22.0. The fraction of sp³-hybridized carbons (Fsp3) is 0.550. The Hall–Kier alpha value is -3.18. The van der Waals surface area contributed by atoms with Gasteiger partial charge in [0.2, 0.25) is 11.9 Å². The third kappa shape index (κ3) is 4.26. The summed E-state index contributed by atoms with van der Waals surface area (Å²) in [6, 6.07) is 0.635. The van der Waals surface area contributed by atoms with Crippen molar-refractivity contribution in [3.8, 4) is 0 Å². The molecule has 0 spiro atoms. The molecule has 32 heavy (non-hydrogen) atoms. The van der Waals surface area contributed by atoms with E-state index in [-0.39, 0.29) is 35.8 Å². The first-order valence-electron chi connectivity index (χ1n) is 10.4. The zero-order valence-electron chi connectivity index (χ0n) is 18.2. The second kappa shape index (κ2) is 8.06. The van der Waals surface area contributed by atoms with E-state index in [0.29, 0.717) is 36.0 Å². The van der Waals surface area contributed by atoms with Crippen LogP contribution in [0.15, 0.2) is 12.4 Å². The van der Waals surface area contributed by atoms with Gasteiger partial charge in [0.15, 0.2) is 5.82 Å². The molecule has 1 amide bonds. The number of amides is 1. The van der Waals surface area contributed by atoms with Gasteiger partial charge in [-0.15, -0.1) is 0 Å². The summed E-state index contributed by atoms with van der Waals surface area (Å²) in [6.07, 6.45) is -2.26. The molecule has 0 saturated heterocycles. The number of fused-ring (bicyclic) bond motifs is 1. The zero-order chi connectivity index (χ0) is 23.2. The molecule has 2 aromatic heterocycles. The molecule has 3 heterocycles. The van der Waals surface area contributed by atoms with Crippen molar-refractivity contribution in [1.82, 2.24) is 19.9 Å². The predicted octanol–water partition coefficient (Wildman–Crippen LogP) is 3.06. The van der Waals surface area contributed by atoms with Crippen LogP contribution in [0.4, 0.5) is 36.4 Å². The standard InChI is InChI=1S/C20H25F3N8O/c1-9(2)16-18(32)29-15-10(3)26-19(30-17(15)31(16)4)28-12-5-11(6-12)27-14-7-13(20(21,22)23)24-8-25-14/h7-9,11-12,16H,5-6H2,1-4H3,(H,29,32)(H,24,25,27)(H,26,28,30)/t11-,12+,16-/m0/s1. The molecule has 0 aromatic carbocycles. The Labute approximate surface area is 183 Å². The highest BCUT2D eigenvalue weighted by Crippen LogP contribution is 2.35. The minimum atomic E-state index is -4.51. The number of carbonyl (C=O) groups excluding carboxylic acids is 1. The van der Waals surface area contributed by atoms with Crippen LogP contribution in [-0.4, -0.2) is 51.0 Å². The highest BCUT2D eigenvalue weighted by atomic mass is 19.4. The lowest BCUT2D eigenvalue weighted by Gasteiger charge is -2.38. The van der Waals surface area contributed by atoms with E-state index in [2.05, 4.69) is 35.9 Å². The smallest absolute Gasteiger partial charge is 0.367 e. The van der Waals surface area contributed by atoms with Crippen LogP contribution in [0.2, 0.25) is 0 Å². The van der Waals surface area contributed by atoms with Crippen LogP contribution in [0.25, 0.3) is 0 Å². The number of hydrogen-bond donors (Lipinski definition) is 3. The molecule has 3 N–H and O–H groups in total. The highest BCUT2D eigenvalue weighted by Gasteiger charge is 2.37. The largest absolute Gasteiger partial charge is 0.433 e. The molecule has 2 aromatic rings. The van der Waals surface area contributed by atoms with Crippen molar-refractivity contribution in [1.29, 1.82) is 0 Å². The topological polar surface area (TPSA) is 108 Å². The molecule has 4 rings (SSSR count). The van der Waals surface area contributed by atoms with E-state index in [1.165, 1.54) is 0 Å². The molecule has 172 valence electrons. The number of aromatic nitrogens is 4. The monoisotopic (exact) mass is 450 g/mol. The SMILES string of the molecule is Cc1nc(N[C@H]2C[C@@H](Nc3cc(C(F)(F)F)ncn3)C2)nc2c1NC(=O)[C@H](C(C)C)N2C. The molecule has 1 atom stereocenters. The summed E-state index contributed by atoms with van der Waals surface area (Å²) in [5.41, 5.74) is 0.296. The van der Waals surface area contributed by atoms with E-state index in [4.69, 9.17) is 0 Å². The molecular formula is C20H25F3N8O. The lowest BCUT2D eigenvalue weighted by Crippen LogP contribution is -2.50. The molecule has 9 nitrogen and oxygen atoms in total. The third-order valence-electron chi connectivity index (χ3n) is 5.75. The number of hydrogen-bond acceptors (Lipinski definition) is 8. The van der Waals surface area contributed by atoms with Crippen LogP contribution in [0.1, 0.15) is 38.1 Å². The van der Waals surface area contributed by atoms with Crippen LogP contribution < -0.4 is 20.9 Å². The summed E-state index contributed by atoms with van der Waals surface area (Å²) in [5, 5.41) is 9.21. The van der Waals surface area contributed by atoms with E-state index >= 15 is 0 Å². The van der Waals surface area contributed by atoms with Gasteiger partial charge in [-0.05, 0) is 25.7 Å². The van der Waals surface area contributed by atoms with Crippen molar-refractivity contribution in [3.63, 3.8) is 0 Å². The van der Waals surface area contributed by atoms with Gasteiger partial charge in [0.25, 0.3) is 0 Å². The molecule has 0 bridgehead atoms. The van der Waals surface area contributed by atoms with E-state index in [1.54, 1.807) is 0 Å².